The number of hydrogen-bond donors (Lipinski definition) is 1. The van der Waals surface area contributed by atoms with Gasteiger partial charge >= 0.3 is 0 Å². The minimum absolute atomic E-state index is 0.122. The van der Waals surface area contributed by atoms with E-state index in [0.29, 0.717) is 18.0 Å². The summed E-state index contributed by atoms with van der Waals surface area (Å²) in [5.41, 5.74) is 2.79. The Morgan fingerprint density at radius 3 is 2.60 bits per heavy atom. The molecule has 0 amide bonds. The van der Waals surface area contributed by atoms with Crippen molar-refractivity contribution in [3.63, 3.8) is 0 Å². The molecule has 0 radical (unpaired) electrons. The van der Waals surface area contributed by atoms with Crippen molar-refractivity contribution >= 4 is 16.7 Å². The SMILES string of the molecule is c1cc(-c2n[nH]c3ccnc(OC4CCOCC4)c23)cc(N2C3CCC2COC3)n1. The topological polar surface area (TPSA) is 85.4 Å². The Morgan fingerprint density at radius 2 is 1.77 bits per heavy atom. The summed E-state index contributed by atoms with van der Waals surface area (Å²) >= 11 is 0. The van der Waals surface area contributed by atoms with Gasteiger partial charge in [-0.05, 0) is 31.0 Å². The van der Waals surface area contributed by atoms with Gasteiger partial charge in [0.05, 0.1) is 49.4 Å². The molecule has 2 bridgehead atoms. The minimum Gasteiger partial charge on any atom is -0.474 e. The van der Waals surface area contributed by atoms with Crippen LogP contribution in [0.15, 0.2) is 30.6 Å². The van der Waals surface area contributed by atoms with Gasteiger partial charge in [0.25, 0.3) is 0 Å². The average Bonchev–Trinajstić information content (AvgIpc) is 3.33. The van der Waals surface area contributed by atoms with Crippen LogP contribution in [-0.4, -0.2) is 64.8 Å². The minimum atomic E-state index is 0.122. The third-order valence-corrected chi connectivity index (χ3v) is 6.41. The number of hydrogen-bond acceptors (Lipinski definition) is 7. The van der Waals surface area contributed by atoms with Gasteiger partial charge in [0, 0.05) is 30.8 Å². The lowest BCUT2D eigenvalue weighted by Gasteiger charge is -2.35. The Bertz CT molecular complexity index is 1030. The van der Waals surface area contributed by atoms with Crippen LogP contribution in [0.4, 0.5) is 5.82 Å². The predicted octanol–water partition coefficient (Wildman–Crippen LogP) is 2.95. The maximum absolute atomic E-state index is 6.29. The lowest BCUT2D eigenvalue weighted by Crippen LogP contribution is -2.46. The summed E-state index contributed by atoms with van der Waals surface area (Å²) in [6.45, 7) is 3.02. The molecule has 3 aliphatic rings. The third-order valence-electron chi connectivity index (χ3n) is 6.41. The van der Waals surface area contributed by atoms with Crippen LogP contribution in [0.2, 0.25) is 0 Å². The van der Waals surface area contributed by atoms with Gasteiger partial charge in [0.1, 0.15) is 17.6 Å². The van der Waals surface area contributed by atoms with Gasteiger partial charge in [-0.2, -0.15) is 5.10 Å². The molecule has 0 saturated carbocycles. The maximum Gasteiger partial charge on any atom is 0.225 e. The van der Waals surface area contributed by atoms with Crippen LogP contribution in [0, 0.1) is 0 Å². The van der Waals surface area contributed by atoms with E-state index in [2.05, 4.69) is 31.1 Å². The fourth-order valence-corrected chi connectivity index (χ4v) is 4.90. The quantitative estimate of drug-likeness (QED) is 0.712. The lowest BCUT2D eigenvalue weighted by atomic mass is 10.1. The van der Waals surface area contributed by atoms with Crippen molar-refractivity contribution in [3.8, 4) is 17.1 Å². The van der Waals surface area contributed by atoms with Gasteiger partial charge in [-0.1, -0.05) is 0 Å². The number of pyridine rings is 2. The number of nitrogens with zero attached hydrogens (tertiary/aromatic N) is 4. The van der Waals surface area contributed by atoms with E-state index in [1.54, 1.807) is 6.20 Å². The van der Waals surface area contributed by atoms with Crippen LogP contribution in [-0.2, 0) is 9.47 Å². The first-order chi connectivity index (χ1) is 14.9. The molecule has 2 atom stereocenters. The van der Waals surface area contributed by atoms with Crippen LogP contribution in [0.3, 0.4) is 0 Å². The molecule has 3 aliphatic heterocycles. The van der Waals surface area contributed by atoms with Gasteiger partial charge in [-0.15, -0.1) is 0 Å². The van der Waals surface area contributed by atoms with Gasteiger partial charge < -0.3 is 19.1 Å². The summed E-state index contributed by atoms with van der Waals surface area (Å²) in [4.78, 5) is 11.7. The van der Waals surface area contributed by atoms with Gasteiger partial charge in [0.2, 0.25) is 5.88 Å². The number of morpholine rings is 1. The second kappa shape index (κ2) is 7.52. The fraction of sp³-hybridized carbons (Fsp3) is 0.500. The molecule has 6 rings (SSSR count). The lowest BCUT2D eigenvalue weighted by molar-refractivity contribution is 0.0244. The van der Waals surface area contributed by atoms with E-state index in [1.165, 1.54) is 0 Å². The summed E-state index contributed by atoms with van der Waals surface area (Å²) in [6.07, 6.45) is 7.84. The standard InChI is InChI=1S/C22H25N5O3/c1-2-16-13-29-12-15(1)27(16)19-11-14(3-7-23-19)21-20-18(25-26-21)4-8-24-22(20)30-17-5-9-28-10-6-17/h3-4,7-8,11,15-17H,1-2,5-6,9-10,12-13H2,(H,25,26). The highest BCUT2D eigenvalue weighted by atomic mass is 16.5. The van der Waals surface area contributed by atoms with Crippen molar-refractivity contribution in [1.29, 1.82) is 0 Å². The molecule has 0 aliphatic carbocycles. The molecule has 6 heterocycles. The maximum atomic E-state index is 6.29. The summed E-state index contributed by atoms with van der Waals surface area (Å²) in [7, 11) is 0. The number of ether oxygens (including phenoxy) is 3. The second-order valence-corrected chi connectivity index (χ2v) is 8.27. The van der Waals surface area contributed by atoms with Crippen molar-refractivity contribution in [2.24, 2.45) is 0 Å². The van der Waals surface area contributed by atoms with Crippen LogP contribution in [0.5, 0.6) is 5.88 Å². The van der Waals surface area contributed by atoms with Crippen LogP contribution >= 0.6 is 0 Å². The number of nitrogens with one attached hydrogen (secondary N) is 1. The fourth-order valence-electron chi connectivity index (χ4n) is 4.90. The molecule has 3 saturated heterocycles. The smallest absolute Gasteiger partial charge is 0.225 e. The molecular weight excluding hydrogens is 382 g/mol. The van der Waals surface area contributed by atoms with E-state index in [-0.39, 0.29) is 6.10 Å². The van der Waals surface area contributed by atoms with Crippen LogP contribution in [0.25, 0.3) is 22.2 Å². The first-order valence-corrected chi connectivity index (χ1v) is 10.8. The molecule has 3 fully saturated rings. The molecule has 8 nitrogen and oxygen atoms in total. The largest absolute Gasteiger partial charge is 0.474 e. The molecule has 8 heteroatoms. The third kappa shape index (κ3) is 3.11. The number of rotatable bonds is 4. The monoisotopic (exact) mass is 407 g/mol. The Morgan fingerprint density at radius 1 is 0.967 bits per heavy atom. The number of fused-ring (bicyclic) bond motifs is 3. The van der Waals surface area contributed by atoms with Crippen molar-refractivity contribution in [1.82, 2.24) is 20.2 Å². The molecule has 0 spiro atoms. The summed E-state index contributed by atoms with van der Waals surface area (Å²) < 4.78 is 17.5. The molecule has 30 heavy (non-hydrogen) atoms. The summed E-state index contributed by atoms with van der Waals surface area (Å²) in [6, 6.07) is 6.91. The molecule has 0 aromatic carbocycles. The molecule has 3 aromatic rings. The predicted molar refractivity (Wildman–Crippen MR) is 112 cm³/mol. The molecule has 156 valence electrons. The number of H-pyrrole nitrogens is 1. The zero-order valence-corrected chi connectivity index (χ0v) is 16.8. The van der Waals surface area contributed by atoms with E-state index >= 15 is 0 Å². The number of aromatic amines is 1. The summed E-state index contributed by atoms with van der Waals surface area (Å²) in [5.74, 6) is 1.63. The molecular formula is C22H25N5O3. The highest BCUT2D eigenvalue weighted by Crippen LogP contribution is 2.37. The van der Waals surface area contributed by atoms with E-state index in [0.717, 1.165) is 80.1 Å². The van der Waals surface area contributed by atoms with Crippen molar-refractivity contribution in [2.75, 3.05) is 31.3 Å². The first kappa shape index (κ1) is 18.1. The van der Waals surface area contributed by atoms with E-state index in [1.807, 2.05) is 18.3 Å². The Kier molecular flexibility index (Phi) is 4.53. The highest BCUT2D eigenvalue weighted by molar-refractivity contribution is 5.96. The van der Waals surface area contributed by atoms with Crippen LogP contribution < -0.4 is 9.64 Å². The Hall–Kier alpha value is -2.71. The summed E-state index contributed by atoms with van der Waals surface area (Å²) in [5, 5.41) is 8.69. The van der Waals surface area contributed by atoms with Gasteiger partial charge in [0.15, 0.2) is 0 Å². The first-order valence-electron chi connectivity index (χ1n) is 10.8. The molecule has 3 aromatic heterocycles. The number of anilines is 1. The van der Waals surface area contributed by atoms with Gasteiger partial charge in [-0.25, -0.2) is 9.97 Å². The van der Waals surface area contributed by atoms with Crippen molar-refractivity contribution in [2.45, 2.75) is 43.9 Å². The zero-order chi connectivity index (χ0) is 19.9. The molecule has 1 N–H and O–H groups in total. The average molecular weight is 407 g/mol. The Labute approximate surface area is 174 Å². The van der Waals surface area contributed by atoms with Gasteiger partial charge in [-0.3, -0.25) is 5.10 Å². The van der Waals surface area contributed by atoms with E-state index in [9.17, 15) is 0 Å². The van der Waals surface area contributed by atoms with E-state index in [4.69, 9.17) is 14.2 Å². The second-order valence-electron chi connectivity index (χ2n) is 8.27. The van der Waals surface area contributed by atoms with E-state index < -0.39 is 0 Å². The van der Waals surface area contributed by atoms with Crippen LogP contribution in [0.1, 0.15) is 25.7 Å². The normalized spacial score (nSPS) is 24.5. The molecule has 2 unspecified atom stereocenters. The van der Waals surface area contributed by atoms with Crippen molar-refractivity contribution in [3.05, 3.63) is 30.6 Å². The highest BCUT2D eigenvalue weighted by Gasteiger charge is 2.38. The zero-order valence-electron chi connectivity index (χ0n) is 16.8. The number of aromatic nitrogens is 4. The van der Waals surface area contributed by atoms with Crippen molar-refractivity contribution < 1.29 is 14.2 Å². The Balaban J connectivity index is 1.37.